The van der Waals surface area contributed by atoms with Crippen molar-refractivity contribution in [1.82, 2.24) is 0 Å². The highest BCUT2D eigenvalue weighted by atomic mass is 16.5. The lowest BCUT2D eigenvalue weighted by Gasteiger charge is -2.28. The van der Waals surface area contributed by atoms with Gasteiger partial charge in [0.1, 0.15) is 11.5 Å². The maximum absolute atomic E-state index is 6.88. The third kappa shape index (κ3) is 5.20. The lowest BCUT2D eigenvalue weighted by atomic mass is 9.36. The third-order valence-corrected chi connectivity index (χ3v) is 11.3. The average Bonchev–Trinajstić information content (AvgIpc) is 3.25. The molecule has 2 nitrogen and oxygen atoms in total. The molecule has 1 aliphatic heterocycles. The lowest BCUT2D eigenvalue weighted by Crippen LogP contribution is -2.52. The first kappa shape index (κ1) is 31.4. The molecule has 0 amide bonds. The van der Waals surface area contributed by atoms with Crippen molar-refractivity contribution in [2.75, 3.05) is 4.90 Å². The zero-order valence-electron chi connectivity index (χ0n) is 30.1. The molecule has 11 rings (SSSR count). The van der Waals surface area contributed by atoms with Crippen LogP contribution in [0.2, 0.25) is 0 Å². The molecular formula is C52H34BNO. The summed E-state index contributed by atoms with van der Waals surface area (Å²) in [7, 11) is 0. The molecule has 0 saturated heterocycles. The van der Waals surface area contributed by atoms with Gasteiger partial charge in [-0.15, -0.1) is 0 Å². The van der Waals surface area contributed by atoms with Crippen LogP contribution >= 0.6 is 0 Å². The summed E-state index contributed by atoms with van der Waals surface area (Å²) >= 11 is 0. The Hall–Kier alpha value is -7.10. The van der Waals surface area contributed by atoms with Gasteiger partial charge in [-0.1, -0.05) is 168 Å². The largest absolute Gasteiger partial charge is 0.456 e. The van der Waals surface area contributed by atoms with Crippen LogP contribution in [0.1, 0.15) is 0 Å². The van der Waals surface area contributed by atoms with E-state index in [0.717, 1.165) is 39.5 Å². The van der Waals surface area contributed by atoms with Crippen molar-refractivity contribution in [2.24, 2.45) is 0 Å². The van der Waals surface area contributed by atoms with E-state index >= 15 is 0 Å². The highest BCUT2D eigenvalue weighted by molar-refractivity contribution is 6.97. The SMILES string of the molecule is c1ccc(B(c2ccc3ccccc3c2)c2cc3c4cccc5c4c(cc3c3ccccc23)-c2ccc(N(c3ccccc3)c3ccccc3)cc2O5)cc1. The smallest absolute Gasteiger partial charge is 0.242 e. The van der Waals surface area contributed by atoms with Crippen molar-refractivity contribution >= 4 is 83.3 Å². The lowest BCUT2D eigenvalue weighted by molar-refractivity contribution is 0.487. The molecule has 0 unspecified atom stereocenters. The van der Waals surface area contributed by atoms with Crippen LogP contribution in [0.3, 0.4) is 0 Å². The predicted molar refractivity (Wildman–Crippen MR) is 234 cm³/mol. The van der Waals surface area contributed by atoms with E-state index < -0.39 is 0 Å². The van der Waals surface area contributed by atoms with E-state index in [9.17, 15) is 0 Å². The normalized spacial score (nSPS) is 11.8. The van der Waals surface area contributed by atoms with E-state index in [1.54, 1.807) is 0 Å². The van der Waals surface area contributed by atoms with Crippen molar-refractivity contribution in [1.29, 1.82) is 0 Å². The predicted octanol–water partition coefficient (Wildman–Crippen LogP) is 12.1. The van der Waals surface area contributed by atoms with Crippen molar-refractivity contribution in [3.63, 3.8) is 0 Å². The van der Waals surface area contributed by atoms with E-state index in [1.807, 2.05) is 0 Å². The second kappa shape index (κ2) is 12.8. The first-order chi connectivity index (χ1) is 27.3. The fourth-order valence-corrected chi connectivity index (χ4v) is 8.85. The van der Waals surface area contributed by atoms with Gasteiger partial charge in [-0.3, -0.25) is 0 Å². The molecule has 0 bridgehead atoms. The van der Waals surface area contributed by atoms with Gasteiger partial charge >= 0.3 is 0 Å². The second-order valence-electron chi connectivity index (χ2n) is 14.4. The van der Waals surface area contributed by atoms with Gasteiger partial charge in [-0.05, 0) is 91.8 Å². The Morgan fingerprint density at radius 2 is 0.982 bits per heavy atom. The Morgan fingerprint density at radius 3 is 1.75 bits per heavy atom. The summed E-state index contributed by atoms with van der Waals surface area (Å²) in [6.07, 6.45) is 0. The van der Waals surface area contributed by atoms with E-state index in [-0.39, 0.29) is 6.71 Å². The Bertz CT molecular complexity index is 3030. The van der Waals surface area contributed by atoms with Gasteiger partial charge in [0, 0.05) is 34.1 Å². The Labute approximate surface area is 320 Å². The molecule has 1 heterocycles. The molecule has 0 N–H and O–H groups in total. The maximum Gasteiger partial charge on any atom is 0.242 e. The number of nitrogens with zero attached hydrogens (tertiary/aromatic N) is 1. The topological polar surface area (TPSA) is 12.5 Å². The molecule has 55 heavy (non-hydrogen) atoms. The van der Waals surface area contributed by atoms with Crippen LogP contribution in [-0.4, -0.2) is 6.71 Å². The fraction of sp³-hybridized carbons (Fsp3) is 0. The van der Waals surface area contributed by atoms with E-state index in [0.29, 0.717) is 0 Å². The molecule has 1 aliphatic rings. The monoisotopic (exact) mass is 699 g/mol. The number of benzene rings is 10. The number of hydrogen-bond donors (Lipinski definition) is 0. The van der Waals surface area contributed by atoms with Crippen molar-refractivity contribution in [3.05, 3.63) is 206 Å². The average molecular weight is 700 g/mol. The molecule has 0 atom stereocenters. The molecule has 3 heteroatoms. The molecular weight excluding hydrogens is 665 g/mol. The third-order valence-electron chi connectivity index (χ3n) is 11.3. The van der Waals surface area contributed by atoms with Crippen molar-refractivity contribution in [3.8, 4) is 22.6 Å². The Kier molecular flexibility index (Phi) is 7.31. The molecule has 0 aromatic heterocycles. The van der Waals surface area contributed by atoms with Gasteiger partial charge in [-0.25, -0.2) is 0 Å². The maximum atomic E-state index is 6.88. The van der Waals surface area contributed by atoms with Crippen LogP contribution < -0.4 is 26.0 Å². The molecule has 0 spiro atoms. The zero-order chi connectivity index (χ0) is 36.3. The van der Waals surface area contributed by atoms with Crippen molar-refractivity contribution < 1.29 is 4.74 Å². The number of rotatable bonds is 6. The fourth-order valence-electron chi connectivity index (χ4n) is 8.85. The van der Waals surface area contributed by atoms with Crippen LogP contribution in [0.15, 0.2) is 206 Å². The highest BCUT2D eigenvalue weighted by Gasteiger charge is 2.28. The van der Waals surface area contributed by atoms with Crippen LogP contribution in [0.25, 0.3) is 54.2 Å². The first-order valence-electron chi connectivity index (χ1n) is 19.0. The first-order valence-corrected chi connectivity index (χ1v) is 19.0. The van der Waals surface area contributed by atoms with Crippen LogP contribution in [0, 0.1) is 0 Å². The highest BCUT2D eigenvalue weighted by Crippen LogP contribution is 2.51. The Morgan fingerprint density at radius 1 is 0.345 bits per heavy atom. The van der Waals surface area contributed by atoms with Gasteiger partial charge in [0.05, 0.1) is 0 Å². The van der Waals surface area contributed by atoms with E-state index in [4.69, 9.17) is 4.74 Å². The number of ether oxygens (including phenoxy) is 1. The van der Waals surface area contributed by atoms with E-state index in [2.05, 4.69) is 211 Å². The summed E-state index contributed by atoms with van der Waals surface area (Å²) in [6, 6.07) is 74.6. The summed E-state index contributed by atoms with van der Waals surface area (Å²) in [6.45, 7) is 0.0403. The molecule has 0 saturated carbocycles. The molecule has 0 aliphatic carbocycles. The molecule has 10 aromatic rings. The zero-order valence-corrected chi connectivity index (χ0v) is 30.1. The van der Waals surface area contributed by atoms with E-state index in [1.165, 1.54) is 59.7 Å². The van der Waals surface area contributed by atoms with Gasteiger partial charge in [-0.2, -0.15) is 0 Å². The summed E-state index contributed by atoms with van der Waals surface area (Å²) in [5.41, 5.74) is 9.39. The summed E-state index contributed by atoms with van der Waals surface area (Å²) in [5, 5.41) is 9.86. The molecule has 10 aromatic carbocycles. The number of hydrogen-bond acceptors (Lipinski definition) is 2. The van der Waals surface area contributed by atoms with Gasteiger partial charge in [0.25, 0.3) is 0 Å². The number of fused-ring (bicyclic) bond motifs is 7. The number of para-hydroxylation sites is 2. The number of anilines is 3. The Balaban J connectivity index is 1.14. The van der Waals surface area contributed by atoms with Crippen LogP contribution in [0.5, 0.6) is 11.5 Å². The summed E-state index contributed by atoms with van der Waals surface area (Å²) < 4.78 is 6.88. The van der Waals surface area contributed by atoms with Gasteiger partial charge < -0.3 is 9.64 Å². The quantitative estimate of drug-likeness (QED) is 0.127. The minimum atomic E-state index is 0.0403. The standard InChI is InChI=1S/C52H34BNO/c1-4-17-37(18-5-1)53(38-28-27-35-15-10-11-16-36(35)31-38)49-34-47-45-25-14-26-50-52(45)48(33-46(47)42-23-12-13-24-43(42)49)44-30-29-41(32-51(44)55-50)54(39-19-6-2-7-20-39)40-21-8-3-9-22-40/h1-34H. The minimum absolute atomic E-state index is 0.0403. The second-order valence-corrected chi connectivity index (χ2v) is 14.4. The molecule has 0 radical (unpaired) electrons. The molecule has 256 valence electrons. The summed E-state index contributed by atoms with van der Waals surface area (Å²) in [4.78, 5) is 2.29. The van der Waals surface area contributed by atoms with Crippen LogP contribution in [-0.2, 0) is 0 Å². The van der Waals surface area contributed by atoms with Crippen LogP contribution in [0.4, 0.5) is 17.1 Å². The summed E-state index contributed by atoms with van der Waals surface area (Å²) in [5.74, 6) is 1.74. The van der Waals surface area contributed by atoms with Gasteiger partial charge in [0.15, 0.2) is 0 Å². The van der Waals surface area contributed by atoms with Crippen molar-refractivity contribution in [2.45, 2.75) is 0 Å². The van der Waals surface area contributed by atoms with Gasteiger partial charge in [0.2, 0.25) is 6.71 Å². The molecule has 0 fully saturated rings. The minimum Gasteiger partial charge on any atom is -0.456 e.